The number of aromatic nitrogens is 1. The molecule has 0 bridgehead atoms. The molecule has 128 valence electrons. The van der Waals surface area contributed by atoms with Crippen LogP contribution in [0.3, 0.4) is 0 Å². The number of halogens is 3. The number of aromatic amines is 1. The Bertz CT molecular complexity index is 774. The summed E-state index contributed by atoms with van der Waals surface area (Å²) >= 11 is 5.01. The van der Waals surface area contributed by atoms with Crippen LogP contribution in [-0.4, -0.2) is 23.5 Å². The first kappa shape index (κ1) is 18.0. The average Bonchev–Trinajstić information content (AvgIpc) is 2.52. The Morgan fingerprint density at radius 3 is 2.67 bits per heavy atom. The molecule has 0 aliphatic heterocycles. The van der Waals surface area contributed by atoms with E-state index in [1.54, 1.807) is 25.3 Å². The molecule has 4 nitrogen and oxygen atoms in total. The highest BCUT2D eigenvalue weighted by Gasteiger charge is 2.34. The van der Waals surface area contributed by atoms with Crippen LogP contribution in [0.5, 0.6) is 5.75 Å². The molecule has 1 amide bonds. The number of pyridine rings is 1. The molecule has 0 fully saturated rings. The van der Waals surface area contributed by atoms with Gasteiger partial charge in [-0.1, -0.05) is 24.4 Å². The van der Waals surface area contributed by atoms with Crippen LogP contribution in [0.1, 0.15) is 22.8 Å². The molecule has 0 radical (unpaired) electrons. The van der Waals surface area contributed by atoms with E-state index >= 15 is 0 Å². The zero-order valence-electron chi connectivity index (χ0n) is 12.7. The lowest BCUT2D eigenvalue weighted by Gasteiger charge is -2.18. The van der Waals surface area contributed by atoms with Gasteiger partial charge >= 0.3 is 6.18 Å². The van der Waals surface area contributed by atoms with Crippen molar-refractivity contribution in [3.05, 3.63) is 58.4 Å². The molecule has 24 heavy (non-hydrogen) atoms. The summed E-state index contributed by atoms with van der Waals surface area (Å²) in [6.45, 7) is 1.52. The van der Waals surface area contributed by atoms with E-state index in [1.165, 1.54) is 18.2 Å². The highest BCUT2D eigenvalue weighted by Crippen LogP contribution is 2.35. The summed E-state index contributed by atoms with van der Waals surface area (Å²) < 4.78 is 44.2. The number of hydrogen-bond acceptors (Lipinski definition) is 3. The van der Waals surface area contributed by atoms with E-state index in [9.17, 15) is 18.0 Å². The number of para-hydroxylation sites is 1. The lowest BCUT2D eigenvalue weighted by Crippen LogP contribution is -2.37. The monoisotopic (exact) mass is 356 g/mol. The van der Waals surface area contributed by atoms with Crippen molar-refractivity contribution < 1.29 is 22.7 Å². The summed E-state index contributed by atoms with van der Waals surface area (Å²) in [4.78, 5) is 14.8. The first-order valence-corrected chi connectivity index (χ1v) is 7.47. The number of nitrogens with one attached hydrogen (secondary N) is 2. The van der Waals surface area contributed by atoms with Gasteiger partial charge in [0, 0.05) is 6.20 Å². The quantitative estimate of drug-likeness (QED) is 0.798. The van der Waals surface area contributed by atoms with Gasteiger partial charge in [-0.15, -0.1) is 0 Å². The van der Waals surface area contributed by atoms with Gasteiger partial charge in [-0.25, -0.2) is 0 Å². The van der Waals surface area contributed by atoms with Crippen LogP contribution in [0, 0.1) is 4.64 Å². The van der Waals surface area contributed by atoms with Crippen LogP contribution in [0.2, 0.25) is 0 Å². The Labute approximate surface area is 141 Å². The molecule has 0 aliphatic rings. The average molecular weight is 356 g/mol. The summed E-state index contributed by atoms with van der Waals surface area (Å²) in [5, 5.41) is 2.63. The maximum Gasteiger partial charge on any atom is 0.419 e. The fourth-order valence-corrected chi connectivity index (χ4v) is 2.21. The van der Waals surface area contributed by atoms with Crippen LogP contribution < -0.4 is 10.1 Å². The molecular formula is C16H15F3N2O2S. The normalized spacial score (nSPS) is 12.5. The summed E-state index contributed by atoms with van der Waals surface area (Å²) in [7, 11) is 0. The van der Waals surface area contributed by atoms with Crippen molar-refractivity contribution in [1.29, 1.82) is 0 Å². The second kappa shape index (κ2) is 7.48. The number of H-pyrrole nitrogens is 1. The van der Waals surface area contributed by atoms with Gasteiger partial charge in [0.2, 0.25) is 0 Å². The Hall–Kier alpha value is -2.35. The largest absolute Gasteiger partial charge is 0.491 e. The van der Waals surface area contributed by atoms with Crippen molar-refractivity contribution in [1.82, 2.24) is 10.3 Å². The van der Waals surface area contributed by atoms with Crippen molar-refractivity contribution in [2.45, 2.75) is 19.1 Å². The Balaban J connectivity index is 2.00. The third kappa shape index (κ3) is 4.58. The van der Waals surface area contributed by atoms with E-state index in [0.717, 1.165) is 6.07 Å². The van der Waals surface area contributed by atoms with Crippen LogP contribution in [0.25, 0.3) is 0 Å². The highest BCUT2D eigenvalue weighted by molar-refractivity contribution is 7.71. The maximum absolute atomic E-state index is 12.9. The molecule has 2 rings (SSSR count). The molecular weight excluding hydrogens is 341 g/mol. The molecule has 1 unspecified atom stereocenters. The summed E-state index contributed by atoms with van der Waals surface area (Å²) in [6.07, 6.45) is -2.90. The first-order chi connectivity index (χ1) is 11.3. The summed E-state index contributed by atoms with van der Waals surface area (Å²) in [5.41, 5.74) is -0.566. The van der Waals surface area contributed by atoms with Gasteiger partial charge < -0.3 is 15.0 Å². The molecule has 2 N–H and O–H groups in total. The van der Waals surface area contributed by atoms with Crippen LogP contribution in [0.15, 0.2) is 42.6 Å². The number of ether oxygens (including phenoxy) is 1. The van der Waals surface area contributed by atoms with Crippen LogP contribution >= 0.6 is 12.2 Å². The number of rotatable bonds is 5. The Morgan fingerprint density at radius 2 is 2.00 bits per heavy atom. The molecule has 0 saturated carbocycles. The minimum Gasteiger partial charge on any atom is -0.491 e. The van der Waals surface area contributed by atoms with E-state index in [2.05, 4.69) is 10.3 Å². The van der Waals surface area contributed by atoms with Crippen molar-refractivity contribution in [2.75, 3.05) is 6.61 Å². The van der Waals surface area contributed by atoms with E-state index in [0.29, 0.717) is 0 Å². The van der Waals surface area contributed by atoms with Gasteiger partial charge in [0.15, 0.2) is 0 Å². The van der Waals surface area contributed by atoms with Gasteiger partial charge in [-0.2, -0.15) is 13.2 Å². The predicted molar refractivity (Wildman–Crippen MR) is 85.5 cm³/mol. The third-order valence-corrected chi connectivity index (χ3v) is 3.46. The molecule has 1 aromatic carbocycles. The van der Waals surface area contributed by atoms with Crippen LogP contribution in [-0.2, 0) is 6.18 Å². The molecule has 2 aromatic rings. The maximum atomic E-state index is 12.9. The number of carbonyl (C=O) groups is 1. The second-order valence-corrected chi connectivity index (χ2v) is 5.50. The standard InChI is InChI=1S/C16H15F3N2O2S/c1-10(21-14(22)11-5-4-8-20-15(11)24)9-23-13-7-3-2-6-12(13)16(17,18)19/h2-8,10H,9H2,1H3,(H,20,24)(H,21,22). The summed E-state index contributed by atoms with van der Waals surface area (Å²) in [5.74, 6) is -0.694. The topological polar surface area (TPSA) is 54.1 Å². The zero-order valence-corrected chi connectivity index (χ0v) is 13.5. The SMILES string of the molecule is CC(COc1ccccc1C(F)(F)F)NC(=O)c1ccc[nH]c1=S. The third-order valence-electron chi connectivity index (χ3n) is 3.12. The number of hydrogen-bond donors (Lipinski definition) is 2. The number of carbonyl (C=O) groups excluding carboxylic acids is 1. The van der Waals surface area contributed by atoms with Gasteiger partial charge in [-0.3, -0.25) is 4.79 Å². The number of amides is 1. The van der Waals surface area contributed by atoms with Gasteiger partial charge in [0.25, 0.3) is 5.91 Å². The molecule has 1 heterocycles. The Kier molecular flexibility index (Phi) is 5.61. The van der Waals surface area contributed by atoms with Gasteiger partial charge in [0.05, 0.1) is 17.2 Å². The minimum absolute atomic E-state index is 0.109. The highest BCUT2D eigenvalue weighted by atomic mass is 32.1. The van der Waals surface area contributed by atoms with Gasteiger partial charge in [0.1, 0.15) is 17.0 Å². The molecule has 0 saturated heterocycles. The fraction of sp³-hybridized carbons (Fsp3) is 0.250. The van der Waals surface area contributed by atoms with E-state index in [1.807, 2.05) is 0 Å². The van der Waals surface area contributed by atoms with E-state index < -0.39 is 23.7 Å². The molecule has 8 heteroatoms. The van der Waals surface area contributed by atoms with Crippen molar-refractivity contribution in [3.8, 4) is 5.75 Å². The molecule has 0 aliphatic carbocycles. The van der Waals surface area contributed by atoms with Crippen molar-refractivity contribution >= 4 is 18.1 Å². The predicted octanol–water partition coefficient (Wildman–Crippen LogP) is 3.96. The number of benzene rings is 1. The first-order valence-electron chi connectivity index (χ1n) is 7.06. The van der Waals surface area contributed by atoms with Crippen molar-refractivity contribution in [2.24, 2.45) is 0 Å². The lowest BCUT2D eigenvalue weighted by atomic mass is 10.2. The fourth-order valence-electron chi connectivity index (χ4n) is 1.99. The Morgan fingerprint density at radius 1 is 1.29 bits per heavy atom. The van der Waals surface area contributed by atoms with Gasteiger partial charge in [-0.05, 0) is 31.2 Å². The zero-order chi connectivity index (χ0) is 17.7. The van der Waals surface area contributed by atoms with E-state index in [4.69, 9.17) is 17.0 Å². The van der Waals surface area contributed by atoms with E-state index in [-0.39, 0.29) is 22.6 Å². The number of alkyl halides is 3. The molecule has 1 atom stereocenters. The summed E-state index contributed by atoms with van der Waals surface area (Å²) in [6, 6.07) is 7.61. The smallest absolute Gasteiger partial charge is 0.419 e. The minimum atomic E-state index is -4.50. The molecule has 1 aromatic heterocycles. The van der Waals surface area contributed by atoms with Crippen LogP contribution in [0.4, 0.5) is 13.2 Å². The second-order valence-electron chi connectivity index (χ2n) is 5.09. The molecule has 0 spiro atoms. The van der Waals surface area contributed by atoms with Crippen molar-refractivity contribution in [3.63, 3.8) is 0 Å². The lowest BCUT2D eigenvalue weighted by molar-refractivity contribution is -0.139.